The number of benzene rings is 1. The van der Waals surface area contributed by atoms with Gasteiger partial charge in [-0.1, -0.05) is 37.5 Å². The van der Waals surface area contributed by atoms with Crippen molar-refractivity contribution in [2.75, 3.05) is 0 Å². The smallest absolute Gasteiger partial charge is 0.308 e. The van der Waals surface area contributed by atoms with E-state index in [0.29, 0.717) is 12.2 Å². The first-order chi connectivity index (χ1) is 11.5. The topological polar surface area (TPSA) is 75.6 Å². The van der Waals surface area contributed by atoms with E-state index in [4.69, 9.17) is 4.74 Å². The Kier molecular flexibility index (Phi) is 6.64. The molecule has 0 aromatic heterocycles. The van der Waals surface area contributed by atoms with Crippen LogP contribution < -0.4 is 10.1 Å². The summed E-state index contributed by atoms with van der Waals surface area (Å²) in [5.41, 5.74) is 0.823. The molecule has 2 N–H and O–H groups in total. The molecule has 24 heavy (non-hydrogen) atoms. The number of amides is 1. The SMILES string of the molecule is CC(C)Oc1ccccc1CC(=O)N[C@H]1CCCCC[C@H]1C(=O)O. The molecule has 0 spiro atoms. The molecule has 132 valence electrons. The van der Waals surface area contributed by atoms with E-state index < -0.39 is 11.9 Å². The van der Waals surface area contributed by atoms with Crippen molar-refractivity contribution >= 4 is 11.9 Å². The Balaban J connectivity index is 2.03. The van der Waals surface area contributed by atoms with E-state index in [9.17, 15) is 14.7 Å². The first kappa shape index (κ1) is 18.3. The highest BCUT2D eigenvalue weighted by atomic mass is 16.5. The van der Waals surface area contributed by atoms with Gasteiger partial charge in [0.2, 0.25) is 5.91 Å². The summed E-state index contributed by atoms with van der Waals surface area (Å²) in [5.74, 6) is -0.740. The molecule has 1 fully saturated rings. The van der Waals surface area contributed by atoms with Crippen molar-refractivity contribution in [3.05, 3.63) is 29.8 Å². The number of carboxylic acids is 1. The molecule has 2 rings (SSSR count). The Morgan fingerprint density at radius 1 is 1.21 bits per heavy atom. The first-order valence-electron chi connectivity index (χ1n) is 8.74. The maximum atomic E-state index is 12.4. The van der Waals surface area contributed by atoms with Gasteiger partial charge in [0.15, 0.2) is 0 Å². The average molecular weight is 333 g/mol. The van der Waals surface area contributed by atoms with Crippen LogP contribution >= 0.6 is 0 Å². The summed E-state index contributed by atoms with van der Waals surface area (Å²) >= 11 is 0. The zero-order chi connectivity index (χ0) is 17.5. The van der Waals surface area contributed by atoms with Crippen molar-refractivity contribution in [3.8, 4) is 5.75 Å². The number of ether oxygens (including phenoxy) is 1. The predicted molar refractivity (Wildman–Crippen MR) is 92.1 cm³/mol. The zero-order valence-corrected chi connectivity index (χ0v) is 14.5. The highest BCUT2D eigenvalue weighted by Gasteiger charge is 2.30. The fourth-order valence-electron chi connectivity index (χ4n) is 3.23. The lowest BCUT2D eigenvalue weighted by Crippen LogP contribution is -2.43. The Hall–Kier alpha value is -2.04. The van der Waals surface area contributed by atoms with Gasteiger partial charge in [-0.25, -0.2) is 0 Å². The van der Waals surface area contributed by atoms with Crippen LogP contribution in [0.1, 0.15) is 51.5 Å². The predicted octanol–water partition coefficient (Wildman–Crippen LogP) is 3.17. The minimum absolute atomic E-state index is 0.0347. The molecular weight excluding hydrogens is 306 g/mol. The van der Waals surface area contributed by atoms with Gasteiger partial charge in [-0.3, -0.25) is 9.59 Å². The summed E-state index contributed by atoms with van der Waals surface area (Å²) < 4.78 is 5.74. The maximum Gasteiger partial charge on any atom is 0.308 e. The number of para-hydroxylation sites is 1. The molecule has 1 aromatic carbocycles. The van der Waals surface area contributed by atoms with Crippen molar-refractivity contribution in [1.29, 1.82) is 0 Å². The van der Waals surface area contributed by atoms with E-state index >= 15 is 0 Å². The van der Waals surface area contributed by atoms with Gasteiger partial charge in [-0.2, -0.15) is 0 Å². The van der Waals surface area contributed by atoms with Crippen LogP contribution in [-0.4, -0.2) is 29.1 Å². The fraction of sp³-hybridized carbons (Fsp3) is 0.579. The van der Waals surface area contributed by atoms with Gasteiger partial charge in [0, 0.05) is 11.6 Å². The van der Waals surface area contributed by atoms with Crippen molar-refractivity contribution < 1.29 is 19.4 Å². The average Bonchev–Trinajstić information content (AvgIpc) is 2.74. The second kappa shape index (κ2) is 8.71. The lowest BCUT2D eigenvalue weighted by atomic mass is 9.94. The molecule has 2 atom stereocenters. The van der Waals surface area contributed by atoms with Crippen LogP contribution in [0, 0.1) is 5.92 Å². The summed E-state index contributed by atoms with van der Waals surface area (Å²) in [4.78, 5) is 23.9. The number of hydrogen-bond acceptors (Lipinski definition) is 3. The monoisotopic (exact) mass is 333 g/mol. The molecule has 0 unspecified atom stereocenters. The molecule has 1 aromatic rings. The molecule has 0 aliphatic heterocycles. The summed E-state index contributed by atoms with van der Waals surface area (Å²) in [6.45, 7) is 3.89. The Morgan fingerprint density at radius 2 is 1.92 bits per heavy atom. The molecule has 1 aliphatic rings. The lowest BCUT2D eigenvalue weighted by molar-refractivity contribution is -0.143. The molecule has 5 nitrogen and oxygen atoms in total. The molecule has 0 saturated heterocycles. The van der Waals surface area contributed by atoms with Crippen LogP contribution in [0.2, 0.25) is 0 Å². The van der Waals surface area contributed by atoms with Crippen LogP contribution in [0.25, 0.3) is 0 Å². The molecule has 1 amide bonds. The molecular formula is C19H27NO4. The van der Waals surface area contributed by atoms with Crippen molar-refractivity contribution in [2.24, 2.45) is 5.92 Å². The second-order valence-corrected chi connectivity index (χ2v) is 6.71. The van der Waals surface area contributed by atoms with Crippen molar-refractivity contribution in [2.45, 2.75) is 64.5 Å². The molecule has 1 aliphatic carbocycles. The van der Waals surface area contributed by atoms with Gasteiger partial charge in [0.1, 0.15) is 5.75 Å². The third kappa shape index (κ3) is 5.25. The first-order valence-corrected chi connectivity index (χ1v) is 8.74. The normalized spacial score (nSPS) is 21.1. The Morgan fingerprint density at radius 3 is 2.62 bits per heavy atom. The highest BCUT2D eigenvalue weighted by molar-refractivity contribution is 5.80. The van der Waals surface area contributed by atoms with Gasteiger partial charge in [0.05, 0.1) is 18.4 Å². The third-order valence-electron chi connectivity index (χ3n) is 4.37. The van der Waals surface area contributed by atoms with Crippen molar-refractivity contribution in [3.63, 3.8) is 0 Å². The molecule has 1 saturated carbocycles. The summed E-state index contributed by atoms with van der Waals surface area (Å²) in [5, 5.41) is 12.4. The molecule has 0 radical (unpaired) electrons. The summed E-state index contributed by atoms with van der Waals surface area (Å²) in [6, 6.07) is 7.20. The number of carbonyl (C=O) groups excluding carboxylic acids is 1. The molecule has 5 heteroatoms. The summed E-state index contributed by atoms with van der Waals surface area (Å²) in [6.07, 6.45) is 4.50. The minimum atomic E-state index is -0.814. The fourth-order valence-corrected chi connectivity index (χ4v) is 3.23. The standard InChI is InChI=1S/C19H27NO4/c1-13(2)24-17-11-7-6-8-14(17)12-18(21)20-16-10-5-3-4-9-15(16)19(22)23/h6-8,11,13,15-16H,3-5,9-10,12H2,1-2H3,(H,20,21)(H,22,23)/t15-,16+/m1/s1. The highest BCUT2D eigenvalue weighted by Crippen LogP contribution is 2.25. The molecule has 0 heterocycles. The van der Waals surface area contributed by atoms with Crippen molar-refractivity contribution in [1.82, 2.24) is 5.32 Å². The number of nitrogens with one attached hydrogen (secondary N) is 1. The lowest BCUT2D eigenvalue weighted by Gasteiger charge is -2.23. The van der Waals surface area contributed by atoms with E-state index in [0.717, 1.165) is 31.2 Å². The molecule has 0 bridgehead atoms. The Bertz CT molecular complexity index is 570. The second-order valence-electron chi connectivity index (χ2n) is 6.71. The van der Waals surface area contributed by atoms with Gasteiger partial charge in [-0.15, -0.1) is 0 Å². The number of aliphatic carboxylic acids is 1. The Labute approximate surface area is 143 Å². The van der Waals surface area contributed by atoms with Gasteiger partial charge in [0.25, 0.3) is 0 Å². The van der Waals surface area contributed by atoms with Crippen LogP contribution in [0.4, 0.5) is 0 Å². The van der Waals surface area contributed by atoms with Gasteiger partial charge >= 0.3 is 5.97 Å². The third-order valence-corrected chi connectivity index (χ3v) is 4.37. The zero-order valence-electron chi connectivity index (χ0n) is 14.5. The maximum absolute atomic E-state index is 12.4. The largest absolute Gasteiger partial charge is 0.491 e. The van der Waals surface area contributed by atoms with Crippen LogP contribution in [0.3, 0.4) is 0 Å². The van der Waals surface area contributed by atoms with Crippen LogP contribution in [-0.2, 0) is 16.0 Å². The number of carbonyl (C=O) groups is 2. The van der Waals surface area contributed by atoms with E-state index in [1.54, 1.807) is 0 Å². The van der Waals surface area contributed by atoms with Gasteiger partial charge in [-0.05, 0) is 32.8 Å². The van der Waals surface area contributed by atoms with Crippen LogP contribution in [0.15, 0.2) is 24.3 Å². The number of rotatable bonds is 6. The van der Waals surface area contributed by atoms with E-state index in [2.05, 4.69) is 5.32 Å². The number of carboxylic acid groups (broad SMARTS) is 1. The summed E-state index contributed by atoms with van der Waals surface area (Å²) in [7, 11) is 0. The minimum Gasteiger partial charge on any atom is -0.491 e. The van der Waals surface area contributed by atoms with Gasteiger partial charge < -0.3 is 15.2 Å². The van der Waals surface area contributed by atoms with E-state index in [1.165, 1.54) is 0 Å². The van der Waals surface area contributed by atoms with E-state index in [-0.39, 0.29) is 24.5 Å². The quantitative estimate of drug-likeness (QED) is 0.784. The number of hydrogen-bond donors (Lipinski definition) is 2. The van der Waals surface area contributed by atoms with Crippen LogP contribution in [0.5, 0.6) is 5.75 Å². The van der Waals surface area contributed by atoms with E-state index in [1.807, 2.05) is 38.1 Å².